The molecule has 6 heteroatoms. The lowest BCUT2D eigenvalue weighted by Gasteiger charge is -2.05. The van der Waals surface area contributed by atoms with Crippen molar-refractivity contribution in [3.05, 3.63) is 52.6 Å². The molecule has 0 spiro atoms. The molecule has 0 radical (unpaired) electrons. The molecule has 0 saturated heterocycles. The van der Waals surface area contributed by atoms with Gasteiger partial charge >= 0.3 is 0 Å². The molecule has 2 aromatic rings. The SMILES string of the molecule is N#CCc1ccc(-c2nc(C3=CC=C(F)CC3)oc2Br)cn1. The third-order valence-electron chi connectivity index (χ3n) is 3.32. The molecule has 2 heterocycles. The van der Waals surface area contributed by atoms with Gasteiger partial charge in [0.25, 0.3) is 0 Å². The van der Waals surface area contributed by atoms with Crippen LogP contribution in [0.25, 0.3) is 16.8 Å². The van der Waals surface area contributed by atoms with Gasteiger partial charge in [-0.05, 0) is 40.6 Å². The number of oxazole rings is 1. The molecule has 0 aromatic carbocycles. The Morgan fingerprint density at radius 1 is 1.32 bits per heavy atom. The molecule has 0 atom stereocenters. The summed E-state index contributed by atoms with van der Waals surface area (Å²) >= 11 is 3.36. The van der Waals surface area contributed by atoms with Crippen molar-refractivity contribution in [1.82, 2.24) is 9.97 Å². The average Bonchev–Trinajstić information content (AvgIpc) is 2.91. The normalized spacial score (nSPS) is 14.2. The molecule has 110 valence electrons. The largest absolute Gasteiger partial charge is 0.429 e. The molecule has 2 aromatic heterocycles. The second-order valence-corrected chi connectivity index (χ2v) is 5.54. The van der Waals surface area contributed by atoms with Crippen molar-refractivity contribution < 1.29 is 8.81 Å². The van der Waals surface area contributed by atoms with E-state index in [0.29, 0.717) is 34.8 Å². The molecular formula is C16H11BrFN3O. The number of pyridine rings is 1. The summed E-state index contributed by atoms with van der Waals surface area (Å²) in [5.74, 6) is 0.346. The Balaban J connectivity index is 1.91. The Labute approximate surface area is 135 Å². The predicted molar refractivity (Wildman–Crippen MR) is 83.2 cm³/mol. The number of halogens is 2. The summed E-state index contributed by atoms with van der Waals surface area (Å²) in [4.78, 5) is 8.68. The van der Waals surface area contributed by atoms with Crippen LogP contribution in [0.5, 0.6) is 0 Å². The van der Waals surface area contributed by atoms with E-state index in [4.69, 9.17) is 9.68 Å². The first kappa shape index (κ1) is 14.7. The Morgan fingerprint density at radius 3 is 2.82 bits per heavy atom. The number of aromatic nitrogens is 2. The summed E-state index contributed by atoms with van der Waals surface area (Å²) < 4.78 is 19.2. The van der Waals surface area contributed by atoms with Crippen LogP contribution in [0, 0.1) is 11.3 Å². The van der Waals surface area contributed by atoms with E-state index in [1.807, 2.05) is 6.07 Å². The second-order valence-electron chi connectivity index (χ2n) is 4.82. The standard InChI is InChI=1S/C16H11BrFN3O/c17-15-14(11-3-6-13(7-8-19)20-9-11)21-16(22-15)10-1-4-12(18)5-2-10/h1,3-4,6,9H,2,5,7H2. The number of hydrogen-bond acceptors (Lipinski definition) is 4. The van der Waals surface area contributed by atoms with Crippen molar-refractivity contribution in [3.8, 4) is 17.3 Å². The number of nitriles is 1. The Kier molecular flexibility index (Phi) is 4.16. The van der Waals surface area contributed by atoms with Crippen LogP contribution < -0.4 is 0 Å². The van der Waals surface area contributed by atoms with Crippen molar-refractivity contribution in [1.29, 1.82) is 5.26 Å². The van der Waals surface area contributed by atoms with E-state index in [-0.39, 0.29) is 12.2 Å². The minimum absolute atomic E-state index is 0.133. The van der Waals surface area contributed by atoms with Crippen molar-refractivity contribution in [2.24, 2.45) is 0 Å². The second kappa shape index (κ2) is 6.24. The van der Waals surface area contributed by atoms with Crippen molar-refractivity contribution in [2.75, 3.05) is 0 Å². The highest BCUT2D eigenvalue weighted by atomic mass is 79.9. The van der Waals surface area contributed by atoms with Crippen LogP contribution in [-0.2, 0) is 6.42 Å². The monoisotopic (exact) mass is 359 g/mol. The molecule has 1 aliphatic rings. The fourth-order valence-electron chi connectivity index (χ4n) is 2.16. The summed E-state index contributed by atoms with van der Waals surface area (Å²) in [7, 11) is 0. The third-order valence-corrected chi connectivity index (χ3v) is 3.85. The van der Waals surface area contributed by atoms with Crippen LogP contribution in [-0.4, -0.2) is 9.97 Å². The Bertz CT molecular complexity index is 800. The smallest absolute Gasteiger partial charge is 0.224 e. The van der Waals surface area contributed by atoms with Gasteiger partial charge in [-0.1, -0.05) is 6.08 Å². The number of hydrogen-bond donors (Lipinski definition) is 0. The minimum atomic E-state index is -0.133. The predicted octanol–water partition coefficient (Wildman–Crippen LogP) is 4.60. The highest BCUT2D eigenvalue weighted by Gasteiger charge is 2.18. The fraction of sp³-hybridized carbons (Fsp3) is 0.188. The molecular weight excluding hydrogens is 349 g/mol. The number of rotatable bonds is 3. The van der Waals surface area contributed by atoms with Gasteiger partial charge in [-0.25, -0.2) is 9.37 Å². The van der Waals surface area contributed by atoms with Crippen LogP contribution in [0.4, 0.5) is 4.39 Å². The maximum Gasteiger partial charge on any atom is 0.224 e. The summed E-state index contributed by atoms with van der Waals surface area (Å²) in [5.41, 5.74) is 3.01. The van der Waals surface area contributed by atoms with Gasteiger partial charge in [-0.15, -0.1) is 0 Å². The summed E-state index contributed by atoms with van der Waals surface area (Å²) in [5, 5.41) is 8.65. The maximum absolute atomic E-state index is 13.0. The average molecular weight is 360 g/mol. The Morgan fingerprint density at radius 2 is 2.18 bits per heavy atom. The van der Waals surface area contributed by atoms with Crippen LogP contribution in [0.1, 0.15) is 24.4 Å². The van der Waals surface area contributed by atoms with Gasteiger partial charge < -0.3 is 4.42 Å². The Hall–Kier alpha value is -2.26. The van der Waals surface area contributed by atoms with Gasteiger partial charge in [0, 0.05) is 23.8 Å². The molecule has 22 heavy (non-hydrogen) atoms. The van der Waals surface area contributed by atoms with E-state index in [2.05, 4.69) is 32.0 Å². The van der Waals surface area contributed by atoms with E-state index in [1.54, 1.807) is 18.3 Å². The zero-order valence-corrected chi connectivity index (χ0v) is 13.1. The molecule has 0 fully saturated rings. The third kappa shape index (κ3) is 3.00. The van der Waals surface area contributed by atoms with Crippen molar-refractivity contribution >= 4 is 21.5 Å². The molecule has 0 aliphatic heterocycles. The molecule has 1 aliphatic carbocycles. The zero-order valence-electron chi connectivity index (χ0n) is 11.5. The van der Waals surface area contributed by atoms with E-state index in [1.165, 1.54) is 6.08 Å². The minimum Gasteiger partial charge on any atom is -0.429 e. The van der Waals surface area contributed by atoms with Crippen LogP contribution in [0.3, 0.4) is 0 Å². The summed E-state index contributed by atoms with van der Waals surface area (Å²) in [6, 6.07) is 5.69. The molecule has 0 saturated carbocycles. The summed E-state index contributed by atoms with van der Waals surface area (Å²) in [6.07, 6.45) is 5.99. The van der Waals surface area contributed by atoms with E-state index < -0.39 is 0 Å². The molecule has 4 nitrogen and oxygen atoms in total. The topological polar surface area (TPSA) is 62.7 Å². The molecule has 0 unspecified atom stereocenters. The first-order chi connectivity index (χ1) is 10.7. The van der Waals surface area contributed by atoms with Crippen LogP contribution in [0.15, 0.2) is 45.4 Å². The summed E-state index contributed by atoms with van der Waals surface area (Å²) in [6.45, 7) is 0. The lowest BCUT2D eigenvalue weighted by molar-refractivity contribution is 0.513. The molecule has 0 bridgehead atoms. The van der Waals surface area contributed by atoms with Crippen LogP contribution in [0.2, 0.25) is 0 Å². The first-order valence-corrected chi connectivity index (χ1v) is 7.51. The molecule has 3 rings (SSSR count). The van der Waals surface area contributed by atoms with E-state index in [0.717, 1.165) is 11.1 Å². The number of allylic oxidation sites excluding steroid dienone is 4. The zero-order chi connectivity index (χ0) is 15.5. The first-order valence-electron chi connectivity index (χ1n) is 6.71. The van der Waals surface area contributed by atoms with Crippen molar-refractivity contribution in [3.63, 3.8) is 0 Å². The molecule has 0 amide bonds. The van der Waals surface area contributed by atoms with Gasteiger partial charge in [-0.2, -0.15) is 5.26 Å². The highest BCUT2D eigenvalue weighted by Crippen LogP contribution is 2.33. The van der Waals surface area contributed by atoms with Gasteiger partial charge in [0.1, 0.15) is 11.5 Å². The van der Waals surface area contributed by atoms with Crippen LogP contribution >= 0.6 is 15.9 Å². The lowest BCUT2D eigenvalue weighted by atomic mass is 10.0. The van der Waals surface area contributed by atoms with Gasteiger partial charge in [0.2, 0.25) is 5.89 Å². The van der Waals surface area contributed by atoms with Gasteiger partial charge in [0.15, 0.2) is 4.67 Å². The van der Waals surface area contributed by atoms with Gasteiger partial charge in [-0.3, -0.25) is 4.98 Å². The fourth-order valence-corrected chi connectivity index (χ4v) is 2.63. The van der Waals surface area contributed by atoms with E-state index >= 15 is 0 Å². The van der Waals surface area contributed by atoms with E-state index in [9.17, 15) is 4.39 Å². The number of nitrogens with zero attached hydrogens (tertiary/aromatic N) is 3. The lowest BCUT2D eigenvalue weighted by Crippen LogP contribution is -1.91. The maximum atomic E-state index is 13.0. The molecule has 0 N–H and O–H groups in total. The van der Waals surface area contributed by atoms with Crippen molar-refractivity contribution in [2.45, 2.75) is 19.3 Å². The highest BCUT2D eigenvalue weighted by molar-refractivity contribution is 9.10. The van der Waals surface area contributed by atoms with Gasteiger partial charge in [0.05, 0.1) is 18.2 Å². The quantitative estimate of drug-likeness (QED) is 0.803.